The van der Waals surface area contributed by atoms with Crippen molar-refractivity contribution in [2.24, 2.45) is 11.7 Å². The Morgan fingerprint density at radius 1 is 1.69 bits per heavy atom. The summed E-state index contributed by atoms with van der Waals surface area (Å²) < 4.78 is 7.83. The number of nitrogens with two attached hydrogens (primary N) is 1. The smallest absolute Gasteiger partial charge is 0.275 e. The molecule has 1 atom stereocenters. The fourth-order valence-corrected chi connectivity index (χ4v) is 2.55. The van der Waals surface area contributed by atoms with Gasteiger partial charge in [0, 0.05) is 13.1 Å². The summed E-state index contributed by atoms with van der Waals surface area (Å²) in [6, 6.07) is 0. The maximum absolute atomic E-state index is 12.0. The van der Waals surface area contributed by atoms with Gasteiger partial charge >= 0.3 is 0 Å². The van der Waals surface area contributed by atoms with Crippen molar-refractivity contribution in [2.75, 3.05) is 19.6 Å². The molecule has 1 aromatic rings. The number of piperidine rings is 1. The zero-order valence-corrected chi connectivity index (χ0v) is 9.95. The summed E-state index contributed by atoms with van der Waals surface area (Å²) in [5.41, 5.74) is 6.02. The van der Waals surface area contributed by atoms with Gasteiger partial charge in [0.1, 0.15) is 0 Å². The van der Waals surface area contributed by atoms with Crippen molar-refractivity contribution in [1.29, 1.82) is 0 Å². The topological polar surface area (TPSA) is 72.1 Å². The van der Waals surface area contributed by atoms with E-state index in [0.717, 1.165) is 37.7 Å². The molecule has 2 N–H and O–H groups in total. The van der Waals surface area contributed by atoms with E-state index in [4.69, 9.17) is 5.73 Å². The molecule has 0 spiro atoms. The molecule has 1 saturated heterocycles. The van der Waals surface area contributed by atoms with E-state index < -0.39 is 0 Å². The molecule has 1 amide bonds. The summed E-state index contributed by atoms with van der Waals surface area (Å²) in [4.78, 5) is 13.9. The van der Waals surface area contributed by atoms with Crippen LogP contribution in [-0.4, -0.2) is 39.2 Å². The zero-order chi connectivity index (χ0) is 11.4. The molecule has 0 bridgehead atoms. The molecule has 5 nitrogen and oxygen atoms in total. The Morgan fingerprint density at radius 2 is 2.56 bits per heavy atom. The lowest BCUT2D eigenvalue weighted by molar-refractivity contribution is 0.0664. The van der Waals surface area contributed by atoms with Crippen LogP contribution in [0.3, 0.4) is 0 Å². The molecule has 2 rings (SSSR count). The molecular weight excluding hydrogens is 224 g/mol. The molecule has 6 heteroatoms. The fraction of sp³-hybridized carbons (Fsp3) is 0.700. The maximum atomic E-state index is 12.0. The van der Waals surface area contributed by atoms with Crippen LogP contribution in [0.1, 0.15) is 29.8 Å². The van der Waals surface area contributed by atoms with E-state index in [-0.39, 0.29) is 5.91 Å². The van der Waals surface area contributed by atoms with Crippen molar-refractivity contribution in [1.82, 2.24) is 13.6 Å². The van der Waals surface area contributed by atoms with Crippen LogP contribution in [-0.2, 0) is 0 Å². The van der Waals surface area contributed by atoms with Gasteiger partial charge in [0.2, 0.25) is 0 Å². The Labute approximate surface area is 99.0 Å². The number of carbonyl (C=O) groups excluding carboxylic acids is 1. The second-order valence-electron chi connectivity index (χ2n) is 4.13. The van der Waals surface area contributed by atoms with Crippen LogP contribution < -0.4 is 5.73 Å². The molecule has 1 unspecified atom stereocenters. The van der Waals surface area contributed by atoms with Crippen LogP contribution in [0, 0.1) is 5.92 Å². The summed E-state index contributed by atoms with van der Waals surface area (Å²) in [5, 5.41) is 0. The van der Waals surface area contributed by atoms with Gasteiger partial charge < -0.3 is 10.6 Å². The monoisotopic (exact) mass is 240 g/mol. The summed E-state index contributed by atoms with van der Waals surface area (Å²) in [5.74, 6) is 0.560. The van der Waals surface area contributed by atoms with E-state index in [1.807, 2.05) is 4.90 Å². The van der Waals surface area contributed by atoms with E-state index >= 15 is 0 Å². The van der Waals surface area contributed by atoms with Gasteiger partial charge in [-0.15, -0.1) is 0 Å². The molecule has 0 radical (unpaired) electrons. The second kappa shape index (κ2) is 5.36. The van der Waals surface area contributed by atoms with Crippen molar-refractivity contribution in [3.63, 3.8) is 0 Å². The zero-order valence-electron chi connectivity index (χ0n) is 9.13. The Kier molecular flexibility index (Phi) is 3.84. The van der Waals surface area contributed by atoms with Crippen molar-refractivity contribution < 1.29 is 4.79 Å². The lowest BCUT2D eigenvalue weighted by atomic mass is 9.95. The number of likely N-dealkylation sites (tertiary alicyclic amines) is 1. The average Bonchev–Trinajstić information content (AvgIpc) is 2.82. The highest BCUT2D eigenvalue weighted by Gasteiger charge is 2.25. The molecule has 1 aliphatic heterocycles. The third-order valence-electron chi connectivity index (χ3n) is 2.96. The molecule has 1 aromatic heterocycles. The molecule has 0 aromatic carbocycles. The molecule has 88 valence electrons. The highest BCUT2D eigenvalue weighted by atomic mass is 32.1. The van der Waals surface area contributed by atoms with E-state index in [1.54, 1.807) is 6.20 Å². The summed E-state index contributed by atoms with van der Waals surface area (Å²) in [6.45, 7) is 2.34. The van der Waals surface area contributed by atoms with Gasteiger partial charge in [0.15, 0.2) is 5.69 Å². The van der Waals surface area contributed by atoms with Crippen molar-refractivity contribution in [3.05, 3.63) is 11.9 Å². The lowest BCUT2D eigenvalue weighted by Gasteiger charge is -2.32. The summed E-state index contributed by atoms with van der Waals surface area (Å²) in [7, 11) is 0. The molecule has 0 aliphatic carbocycles. The Hall–Kier alpha value is -1.01. The van der Waals surface area contributed by atoms with E-state index in [0.29, 0.717) is 18.2 Å². The van der Waals surface area contributed by atoms with Gasteiger partial charge in [0.25, 0.3) is 5.91 Å². The van der Waals surface area contributed by atoms with Crippen molar-refractivity contribution in [2.45, 2.75) is 19.3 Å². The molecule has 0 saturated carbocycles. The van der Waals surface area contributed by atoms with Gasteiger partial charge in [-0.2, -0.15) is 8.75 Å². The Bertz CT molecular complexity index is 339. The number of hydrogen-bond acceptors (Lipinski definition) is 5. The average molecular weight is 240 g/mol. The number of nitrogens with zero attached hydrogens (tertiary/aromatic N) is 3. The largest absolute Gasteiger partial charge is 0.337 e. The number of carbonyl (C=O) groups is 1. The number of hydrogen-bond donors (Lipinski definition) is 1. The van der Waals surface area contributed by atoms with Gasteiger partial charge in [-0.3, -0.25) is 4.79 Å². The molecule has 1 fully saturated rings. The highest BCUT2D eigenvalue weighted by molar-refractivity contribution is 6.99. The second-order valence-corrected chi connectivity index (χ2v) is 4.69. The van der Waals surface area contributed by atoms with Crippen LogP contribution in [0.5, 0.6) is 0 Å². The van der Waals surface area contributed by atoms with Gasteiger partial charge in [0.05, 0.1) is 17.9 Å². The predicted octanol–water partition coefficient (Wildman–Crippen LogP) is 0.739. The van der Waals surface area contributed by atoms with Crippen LogP contribution in [0.15, 0.2) is 6.20 Å². The Balaban J connectivity index is 1.96. The standard InChI is InChI=1S/C10H16N4OS/c11-4-3-8-2-1-5-14(7-8)10(15)9-6-12-16-13-9/h6,8H,1-5,7,11H2. The Morgan fingerprint density at radius 3 is 3.25 bits per heavy atom. The first-order chi connectivity index (χ1) is 7.81. The van der Waals surface area contributed by atoms with Crippen molar-refractivity contribution in [3.8, 4) is 0 Å². The third kappa shape index (κ3) is 2.56. The number of rotatable bonds is 3. The van der Waals surface area contributed by atoms with E-state index in [1.165, 1.54) is 6.42 Å². The van der Waals surface area contributed by atoms with E-state index in [2.05, 4.69) is 8.75 Å². The lowest BCUT2D eigenvalue weighted by Crippen LogP contribution is -2.40. The first-order valence-corrected chi connectivity index (χ1v) is 6.31. The summed E-state index contributed by atoms with van der Waals surface area (Å²) >= 11 is 1.08. The minimum absolute atomic E-state index is 0.00970. The van der Waals surface area contributed by atoms with Gasteiger partial charge in [-0.25, -0.2) is 0 Å². The molecular formula is C10H16N4OS. The first-order valence-electron chi connectivity index (χ1n) is 5.58. The minimum atomic E-state index is 0.00970. The number of aromatic nitrogens is 2. The van der Waals surface area contributed by atoms with Gasteiger partial charge in [-0.1, -0.05) is 0 Å². The number of amides is 1. The highest BCUT2D eigenvalue weighted by Crippen LogP contribution is 2.20. The first kappa shape index (κ1) is 11.5. The molecule has 1 aliphatic rings. The quantitative estimate of drug-likeness (QED) is 0.845. The molecule has 16 heavy (non-hydrogen) atoms. The fourth-order valence-electron chi connectivity index (χ4n) is 2.14. The van der Waals surface area contributed by atoms with Crippen LogP contribution in [0.4, 0.5) is 0 Å². The SMILES string of the molecule is NCCC1CCCN(C(=O)c2cnsn2)C1. The van der Waals surface area contributed by atoms with Crippen LogP contribution in [0.25, 0.3) is 0 Å². The third-order valence-corrected chi connectivity index (χ3v) is 3.44. The minimum Gasteiger partial charge on any atom is -0.337 e. The van der Waals surface area contributed by atoms with Crippen LogP contribution in [0.2, 0.25) is 0 Å². The maximum Gasteiger partial charge on any atom is 0.275 e. The predicted molar refractivity (Wildman–Crippen MR) is 62.2 cm³/mol. The summed E-state index contributed by atoms with van der Waals surface area (Å²) in [6.07, 6.45) is 4.78. The van der Waals surface area contributed by atoms with Crippen LogP contribution >= 0.6 is 11.7 Å². The van der Waals surface area contributed by atoms with E-state index in [9.17, 15) is 4.79 Å². The van der Waals surface area contributed by atoms with Crippen molar-refractivity contribution >= 4 is 17.6 Å². The van der Waals surface area contributed by atoms with Gasteiger partial charge in [-0.05, 0) is 31.7 Å². The molecule has 2 heterocycles. The normalized spacial score (nSPS) is 21.1.